The molecule has 1 atom stereocenters. The Kier molecular flexibility index (Phi) is 4.77. The zero-order valence-electron chi connectivity index (χ0n) is 12.4. The van der Waals surface area contributed by atoms with E-state index in [1.807, 2.05) is 5.32 Å². The van der Waals surface area contributed by atoms with Crippen molar-refractivity contribution >= 4 is 11.8 Å². The number of benzene rings is 1. The number of aromatic nitrogens is 2. The standard InChI is InChI=1S/C14H15F3N4O2/c1-21-8-7-11(20-21)18-13(22)19-12(14(15,16)17)9-3-5-10(23-2)6-4-9/h3-8,12H,1-2H3,(H2,18,19,20,22). The van der Waals surface area contributed by atoms with Gasteiger partial charge in [0.05, 0.1) is 7.11 Å². The Bertz CT molecular complexity index is 667. The van der Waals surface area contributed by atoms with Gasteiger partial charge < -0.3 is 10.1 Å². The first-order valence-electron chi connectivity index (χ1n) is 6.57. The molecule has 0 aliphatic rings. The number of carbonyl (C=O) groups excluding carboxylic acids is 1. The lowest BCUT2D eigenvalue weighted by Gasteiger charge is -2.22. The molecule has 1 unspecified atom stereocenters. The second-order valence-corrected chi connectivity index (χ2v) is 4.72. The van der Waals surface area contributed by atoms with Crippen molar-refractivity contribution in [1.82, 2.24) is 15.1 Å². The minimum absolute atomic E-state index is 0.102. The quantitative estimate of drug-likeness (QED) is 0.907. The third-order valence-electron chi connectivity index (χ3n) is 3.01. The molecular formula is C14H15F3N4O2. The van der Waals surface area contributed by atoms with E-state index in [0.29, 0.717) is 5.75 Å². The molecule has 2 aromatic rings. The van der Waals surface area contributed by atoms with Crippen LogP contribution in [0.3, 0.4) is 0 Å². The maximum atomic E-state index is 13.2. The van der Waals surface area contributed by atoms with Crippen molar-refractivity contribution in [3.8, 4) is 5.75 Å². The van der Waals surface area contributed by atoms with E-state index in [2.05, 4.69) is 10.4 Å². The highest BCUT2D eigenvalue weighted by Crippen LogP contribution is 2.33. The molecule has 2 rings (SSSR count). The molecule has 9 heteroatoms. The van der Waals surface area contributed by atoms with Gasteiger partial charge in [-0.05, 0) is 17.7 Å². The molecule has 6 nitrogen and oxygen atoms in total. The molecule has 0 saturated carbocycles. The summed E-state index contributed by atoms with van der Waals surface area (Å²) in [5.74, 6) is 0.577. The highest BCUT2D eigenvalue weighted by Gasteiger charge is 2.42. The minimum Gasteiger partial charge on any atom is -0.497 e. The molecule has 23 heavy (non-hydrogen) atoms. The zero-order valence-corrected chi connectivity index (χ0v) is 12.4. The molecule has 0 spiro atoms. The van der Waals surface area contributed by atoms with Crippen LogP contribution in [0.5, 0.6) is 5.75 Å². The predicted molar refractivity (Wildman–Crippen MR) is 77.2 cm³/mol. The molecule has 0 aliphatic heterocycles. The van der Waals surface area contributed by atoms with Crippen molar-refractivity contribution in [1.29, 1.82) is 0 Å². The number of halogens is 3. The average Bonchev–Trinajstić information content (AvgIpc) is 2.89. The van der Waals surface area contributed by atoms with Gasteiger partial charge in [-0.25, -0.2) is 4.79 Å². The lowest BCUT2D eigenvalue weighted by molar-refractivity contribution is -0.154. The SMILES string of the molecule is COc1ccc(C(NC(=O)Nc2ccn(C)n2)C(F)(F)F)cc1. The smallest absolute Gasteiger partial charge is 0.412 e. The highest BCUT2D eigenvalue weighted by molar-refractivity contribution is 5.88. The summed E-state index contributed by atoms with van der Waals surface area (Å²) in [5, 5.41) is 8.02. The van der Waals surface area contributed by atoms with Crippen LogP contribution in [0.2, 0.25) is 0 Å². The van der Waals surface area contributed by atoms with E-state index in [1.165, 1.54) is 42.1 Å². The molecule has 2 N–H and O–H groups in total. The largest absolute Gasteiger partial charge is 0.497 e. The summed E-state index contributed by atoms with van der Waals surface area (Å²) >= 11 is 0. The molecule has 0 saturated heterocycles. The first-order valence-corrected chi connectivity index (χ1v) is 6.57. The third kappa shape index (κ3) is 4.38. The number of alkyl halides is 3. The lowest BCUT2D eigenvalue weighted by Crippen LogP contribution is -2.40. The topological polar surface area (TPSA) is 68.2 Å². The fourth-order valence-corrected chi connectivity index (χ4v) is 1.92. The molecule has 0 radical (unpaired) electrons. The molecule has 1 aromatic carbocycles. The summed E-state index contributed by atoms with van der Waals surface area (Å²) in [6, 6.07) is 3.61. The average molecular weight is 328 g/mol. The summed E-state index contributed by atoms with van der Waals surface area (Å²) in [4.78, 5) is 11.8. The summed E-state index contributed by atoms with van der Waals surface area (Å²) in [5.41, 5.74) is -0.102. The number of nitrogens with zero attached hydrogens (tertiary/aromatic N) is 2. The molecule has 2 amide bonds. The number of urea groups is 1. The van der Waals surface area contributed by atoms with Crippen LogP contribution in [0.25, 0.3) is 0 Å². The van der Waals surface area contributed by atoms with Crippen LogP contribution in [-0.2, 0) is 7.05 Å². The first-order chi connectivity index (χ1) is 10.8. The van der Waals surface area contributed by atoms with Crippen LogP contribution in [0.1, 0.15) is 11.6 Å². The van der Waals surface area contributed by atoms with Crippen molar-refractivity contribution in [2.75, 3.05) is 12.4 Å². The second-order valence-electron chi connectivity index (χ2n) is 4.72. The van der Waals surface area contributed by atoms with E-state index in [1.54, 1.807) is 13.2 Å². The maximum absolute atomic E-state index is 13.2. The van der Waals surface area contributed by atoms with Crippen LogP contribution in [0.4, 0.5) is 23.8 Å². The van der Waals surface area contributed by atoms with Crippen molar-refractivity contribution in [3.05, 3.63) is 42.1 Å². The number of carbonyl (C=O) groups is 1. The van der Waals surface area contributed by atoms with Crippen LogP contribution in [0.15, 0.2) is 36.5 Å². The van der Waals surface area contributed by atoms with E-state index in [-0.39, 0.29) is 11.4 Å². The second kappa shape index (κ2) is 6.59. The number of rotatable bonds is 4. The Balaban J connectivity index is 2.13. The first kappa shape index (κ1) is 16.7. The van der Waals surface area contributed by atoms with Crippen LogP contribution >= 0.6 is 0 Å². The number of hydrogen-bond acceptors (Lipinski definition) is 3. The van der Waals surface area contributed by atoms with Crippen molar-refractivity contribution in [3.63, 3.8) is 0 Å². The molecule has 1 aromatic heterocycles. The highest BCUT2D eigenvalue weighted by atomic mass is 19.4. The predicted octanol–water partition coefficient (Wildman–Crippen LogP) is 2.85. The molecule has 0 fully saturated rings. The Hall–Kier alpha value is -2.71. The van der Waals surface area contributed by atoms with Crippen LogP contribution < -0.4 is 15.4 Å². The fourth-order valence-electron chi connectivity index (χ4n) is 1.92. The van der Waals surface area contributed by atoms with E-state index < -0.39 is 18.2 Å². The normalized spacial score (nSPS) is 12.6. The molecule has 124 valence electrons. The third-order valence-corrected chi connectivity index (χ3v) is 3.01. The maximum Gasteiger partial charge on any atom is 0.412 e. The van der Waals surface area contributed by atoms with Gasteiger partial charge >= 0.3 is 12.2 Å². The Morgan fingerprint density at radius 1 is 1.26 bits per heavy atom. The number of aryl methyl sites for hydroxylation is 1. The van der Waals surface area contributed by atoms with Gasteiger partial charge in [0.15, 0.2) is 11.9 Å². The number of methoxy groups -OCH3 is 1. The van der Waals surface area contributed by atoms with Gasteiger partial charge in [-0.2, -0.15) is 18.3 Å². The van der Waals surface area contributed by atoms with E-state index in [9.17, 15) is 18.0 Å². The summed E-state index contributed by atoms with van der Waals surface area (Å²) in [7, 11) is 3.04. The molecule has 0 aliphatic carbocycles. The molecular weight excluding hydrogens is 313 g/mol. The minimum atomic E-state index is -4.64. The number of amides is 2. The van der Waals surface area contributed by atoms with Gasteiger partial charge in [0.25, 0.3) is 0 Å². The Morgan fingerprint density at radius 2 is 1.91 bits per heavy atom. The van der Waals surface area contributed by atoms with E-state index in [0.717, 1.165) is 0 Å². The van der Waals surface area contributed by atoms with E-state index in [4.69, 9.17) is 4.74 Å². The van der Waals surface area contributed by atoms with Gasteiger partial charge in [0, 0.05) is 19.3 Å². The van der Waals surface area contributed by atoms with Gasteiger partial charge in [-0.3, -0.25) is 10.00 Å². The monoisotopic (exact) mass is 328 g/mol. The zero-order chi connectivity index (χ0) is 17.0. The van der Waals surface area contributed by atoms with Crippen LogP contribution in [0, 0.1) is 0 Å². The molecule has 1 heterocycles. The van der Waals surface area contributed by atoms with Crippen LogP contribution in [-0.4, -0.2) is 29.1 Å². The number of nitrogens with one attached hydrogen (secondary N) is 2. The summed E-state index contributed by atoms with van der Waals surface area (Å²) < 4.78 is 45.9. The number of ether oxygens (including phenoxy) is 1. The van der Waals surface area contributed by atoms with Crippen molar-refractivity contribution < 1.29 is 22.7 Å². The Morgan fingerprint density at radius 3 is 2.39 bits per heavy atom. The Labute approximate surface area is 130 Å². The van der Waals surface area contributed by atoms with Gasteiger partial charge in [-0.15, -0.1) is 0 Å². The van der Waals surface area contributed by atoms with Crippen molar-refractivity contribution in [2.45, 2.75) is 12.2 Å². The van der Waals surface area contributed by atoms with Gasteiger partial charge in [-0.1, -0.05) is 12.1 Å². The van der Waals surface area contributed by atoms with Gasteiger partial charge in [0.2, 0.25) is 0 Å². The summed E-state index contributed by atoms with van der Waals surface area (Å²) in [6.45, 7) is 0. The van der Waals surface area contributed by atoms with Gasteiger partial charge in [0.1, 0.15) is 5.75 Å². The number of hydrogen-bond donors (Lipinski definition) is 2. The number of anilines is 1. The lowest BCUT2D eigenvalue weighted by atomic mass is 10.1. The summed E-state index contributed by atoms with van der Waals surface area (Å²) in [6.07, 6.45) is -3.09. The fraction of sp³-hybridized carbons (Fsp3) is 0.286. The van der Waals surface area contributed by atoms with E-state index >= 15 is 0 Å². The van der Waals surface area contributed by atoms with Crippen molar-refractivity contribution in [2.24, 2.45) is 7.05 Å². The molecule has 0 bridgehead atoms.